The van der Waals surface area contributed by atoms with E-state index in [0.29, 0.717) is 38.3 Å². The minimum absolute atomic E-state index is 0.0196. The summed E-state index contributed by atoms with van der Waals surface area (Å²) in [7, 11) is 0. The zero-order chi connectivity index (χ0) is 19.2. The molecule has 142 valence electrons. The Morgan fingerprint density at radius 3 is 2.70 bits per heavy atom. The molecule has 0 radical (unpaired) electrons. The molecule has 0 saturated carbocycles. The van der Waals surface area contributed by atoms with Crippen molar-refractivity contribution in [1.82, 2.24) is 10.3 Å². The van der Waals surface area contributed by atoms with Crippen LogP contribution in [0.25, 0.3) is 11.1 Å². The standard InChI is InChI=1S/C22H26N2O3/c1-15-7-9-19(17(3)13-15)26-12-11-23-21(25)5-4-6-22-24-18-14-16(2)8-10-20(18)27-22/h7-10,13-14H,4-6,11-12H2,1-3H3,(H,23,25). The third-order valence-corrected chi connectivity index (χ3v) is 4.39. The lowest BCUT2D eigenvalue weighted by atomic mass is 10.1. The van der Waals surface area contributed by atoms with Gasteiger partial charge in [-0.25, -0.2) is 4.98 Å². The fraction of sp³-hybridized carbons (Fsp3) is 0.364. The van der Waals surface area contributed by atoms with Gasteiger partial charge in [-0.15, -0.1) is 0 Å². The van der Waals surface area contributed by atoms with E-state index in [1.807, 2.05) is 44.2 Å². The van der Waals surface area contributed by atoms with Gasteiger partial charge in [0.1, 0.15) is 17.9 Å². The van der Waals surface area contributed by atoms with Gasteiger partial charge in [0.15, 0.2) is 11.5 Å². The van der Waals surface area contributed by atoms with Crippen LogP contribution in [-0.4, -0.2) is 24.0 Å². The molecule has 0 aliphatic carbocycles. The highest BCUT2D eigenvalue weighted by Crippen LogP contribution is 2.19. The minimum atomic E-state index is 0.0196. The molecule has 0 unspecified atom stereocenters. The lowest BCUT2D eigenvalue weighted by molar-refractivity contribution is -0.121. The molecule has 1 aromatic heterocycles. The number of amides is 1. The lowest BCUT2D eigenvalue weighted by Gasteiger charge is -2.10. The van der Waals surface area contributed by atoms with Crippen molar-refractivity contribution in [2.75, 3.05) is 13.2 Å². The first-order chi connectivity index (χ1) is 13.0. The van der Waals surface area contributed by atoms with E-state index in [-0.39, 0.29) is 5.91 Å². The van der Waals surface area contributed by atoms with Crippen molar-refractivity contribution < 1.29 is 13.9 Å². The Morgan fingerprint density at radius 1 is 1.11 bits per heavy atom. The average Bonchev–Trinajstić information content (AvgIpc) is 3.02. The first kappa shape index (κ1) is 19.0. The summed E-state index contributed by atoms with van der Waals surface area (Å²) >= 11 is 0. The van der Waals surface area contributed by atoms with Crippen LogP contribution in [0, 0.1) is 20.8 Å². The molecule has 0 fully saturated rings. The summed E-state index contributed by atoms with van der Waals surface area (Å²) < 4.78 is 11.4. The van der Waals surface area contributed by atoms with Crippen LogP contribution in [-0.2, 0) is 11.2 Å². The van der Waals surface area contributed by atoms with Crippen LogP contribution < -0.4 is 10.1 Å². The number of ether oxygens (including phenoxy) is 1. The molecule has 0 aliphatic heterocycles. The molecule has 3 aromatic rings. The number of rotatable bonds is 8. The van der Waals surface area contributed by atoms with Crippen LogP contribution in [0.3, 0.4) is 0 Å². The maximum atomic E-state index is 12.0. The maximum Gasteiger partial charge on any atom is 0.220 e. The summed E-state index contributed by atoms with van der Waals surface area (Å²) in [6.45, 7) is 7.06. The summed E-state index contributed by atoms with van der Waals surface area (Å²) in [5.74, 6) is 1.56. The van der Waals surface area contributed by atoms with E-state index in [1.165, 1.54) is 5.56 Å². The Labute approximate surface area is 159 Å². The summed E-state index contributed by atoms with van der Waals surface area (Å²) in [6, 6.07) is 12.0. The number of carbonyl (C=O) groups excluding carboxylic acids is 1. The van der Waals surface area contributed by atoms with Crippen LogP contribution in [0.5, 0.6) is 5.75 Å². The zero-order valence-corrected chi connectivity index (χ0v) is 16.2. The van der Waals surface area contributed by atoms with Crippen LogP contribution in [0.2, 0.25) is 0 Å². The minimum Gasteiger partial charge on any atom is -0.491 e. The number of nitrogens with zero attached hydrogens (tertiary/aromatic N) is 1. The monoisotopic (exact) mass is 366 g/mol. The number of aromatic nitrogens is 1. The number of fused-ring (bicyclic) bond motifs is 1. The number of oxazole rings is 1. The van der Waals surface area contributed by atoms with E-state index < -0.39 is 0 Å². The van der Waals surface area contributed by atoms with E-state index in [4.69, 9.17) is 9.15 Å². The number of hydrogen-bond acceptors (Lipinski definition) is 4. The van der Waals surface area contributed by atoms with Gasteiger partial charge in [0.05, 0.1) is 6.54 Å². The third-order valence-electron chi connectivity index (χ3n) is 4.39. The van der Waals surface area contributed by atoms with Crippen LogP contribution in [0.15, 0.2) is 40.8 Å². The van der Waals surface area contributed by atoms with E-state index in [1.54, 1.807) is 0 Å². The Bertz CT molecular complexity index is 930. The van der Waals surface area contributed by atoms with Gasteiger partial charge in [0.25, 0.3) is 0 Å². The van der Waals surface area contributed by atoms with Gasteiger partial charge in [-0.05, 0) is 56.5 Å². The number of aryl methyl sites for hydroxylation is 4. The molecule has 0 spiro atoms. The average molecular weight is 366 g/mol. The molecule has 0 bridgehead atoms. The second-order valence-electron chi connectivity index (χ2n) is 6.90. The van der Waals surface area contributed by atoms with Gasteiger partial charge in [0.2, 0.25) is 5.91 Å². The molecule has 1 heterocycles. The SMILES string of the molecule is Cc1ccc(OCCNC(=O)CCCc2nc3cc(C)ccc3o2)c(C)c1. The molecule has 1 N–H and O–H groups in total. The molecular formula is C22H26N2O3. The number of carbonyl (C=O) groups is 1. The molecule has 5 heteroatoms. The van der Waals surface area contributed by atoms with Crippen molar-refractivity contribution in [3.05, 3.63) is 59.0 Å². The molecule has 1 amide bonds. The molecule has 0 saturated heterocycles. The van der Waals surface area contributed by atoms with Crippen LogP contribution in [0.1, 0.15) is 35.4 Å². The van der Waals surface area contributed by atoms with Gasteiger partial charge in [-0.2, -0.15) is 0 Å². The Hall–Kier alpha value is -2.82. The largest absolute Gasteiger partial charge is 0.491 e. The summed E-state index contributed by atoms with van der Waals surface area (Å²) in [5, 5.41) is 2.89. The summed E-state index contributed by atoms with van der Waals surface area (Å²) in [6.07, 6.45) is 1.80. The van der Waals surface area contributed by atoms with Crippen molar-refractivity contribution in [1.29, 1.82) is 0 Å². The Balaban J connectivity index is 1.35. The smallest absolute Gasteiger partial charge is 0.220 e. The highest BCUT2D eigenvalue weighted by molar-refractivity contribution is 5.76. The fourth-order valence-electron chi connectivity index (χ4n) is 2.99. The zero-order valence-electron chi connectivity index (χ0n) is 16.2. The van der Waals surface area contributed by atoms with E-state index >= 15 is 0 Å². The quantitative estimate of drug-likeness (QED) is 0.605. The van der Waals surface area contributed by atoms with Gasteiger partial charge in [0, 0.05) is 12.8 Å². The van der Waals surface area contributed by atoms with Crippen LogP contribution >= 0.6 is 0 Å². The second kappa shape index (κ2) is 8.71. The molecule has 2 aromatic carbocycles. The van der Waals surface area contributed by atoms with Gasteiger partial charge in [-0.3, -0.25) is 4.79 Å². The van der Waals surface area contributed by atoms with Crippen molar-refractivity contribution in [2.45, 2.75) is 40.0 Å². The number of hydrogen-bond donors (Lipinski definition) is 1. The normalized spacial score (nSPS) is 10.9. The van der Waals surface area contributed by atoms with Crippen molar-refractivity contribution in [3.63, 3.8) is 0 Å². The lowest BCUT2D eigenvalue weighted by Crippen LogP contribution is -2.28. The van der Waals surface area contributed by atoms with Crippen molar-refractivity contribution in [2.24, 2.45) is 0 Å². The molecule has 5 nitrogen and oxygen atoms in total. The topological polar surface area (TPSA) is 64.4 Å². The van der Waals surface area contributed by atoms with Gasteiger partial charge in [-0.1, -0.05) is 23.8 Å². The Kier molecular flexibility index (Phi) is 6.12. The molecule has 0 atom stereocenters. The molecule has 27 heavy (non-hydrogen) atoms. The first-order valence-electron chi connectivity index (χ1n) is 9.34. The van der Waals surface area contributed by atoms with Gasteiger partial charge >= 0.3 is 0 Å². The number of benzene rings is 2. The molecular weight excluding hydrogens is 340 g/mol. The predicted molar refractivity (Wildman–Crippen MR) is 106 cm³/mol. The van der Waals surface area contributed by atoms with Crippen LogP contribution in [0.4, 0.5) is 0 Å². The molecule has 0 aliphatic rings. The van der Waals surface area contributed by atoms with Crippen molar-refractivity contribution >= 4 is 17.0 Å². The van der Waals surface area contributed by atoms with E-state index in [9.17, 15) is 4.79 Å². The maximum absolute atomic E-state index is 12.0. The number of nitrogens with one attached hydrogen (secondary N) is 1. The highest BCUT2D eigenvalue weighted by atomic mass is 16.5. The third kappa shape index (κ3) is 5.33. The van der Waals surface area contributed by atoms with Crippen molar-refractivity contribution in [3.8, 4) is 5.75 Å². The van der Waals surface area contributed by atoms with Gasteiger partial charge < -0.3 is 14.5 Å². The second-order valence-corrected chi connectivity index (χ2v) is 6.90. The fourth-order valence-corrected chi connectivity index (χ4v) is 2.99. The predicted octanol–water partition coefficient (Wildman–Crippen LogP) is 4.27. The van der Waals surface area contributed by atoms with E-state index in [2.05, 4.69) is 23.3 Å². The summed E-state index contributed by atoms with van der Waals surface area (Å²) in [5.41, 5.74) is 5.14. The van der Waals surface area contributed by atoms with E-state index in [0.717, 1.165) is 28.0 Å². The Morgan fingerprint density at radius 2 is 1.89 bits per heavy atom. The summed E-state index contributed by atoms with van der Waals surface area (Å²) in [4.78, 5) is 16.4. The highest BCUT2D eigenvalue weighted by Gasteiger charge is 2.08. The first-order valence-corrected chi connectivity index (χ1v) is 9.34. The molecule has 3 rings (SSSR count).